The minimum absolute atomic E-state index is 0.00991. The van der Waals surface area contributed by atoms with E-state index in [4.69, 9.17) is 5.10 Å². The highest BCUT2D eigenvalue weighted by Crippen LogP contribution is 2.39. The highest BCUT2D eigenvalue weighted by molar-refractivity contribution is 6.02. The first-order chi connectivity index (χ1) is 24.6. The van der Waals surface area contributed by atoms with Crippen LogP contribution in [0.1, 0.15) is 85.7 Å². The number of hydrogen-bond acceptors (Lipinski definition) is 5. The molecule has 2 saturated carbocycles. The summed E-state index contributed by atoms with van der Waals surface area (Å²) in [6.45, 7) is 4.11. The zero-order chi connectivity index (χ0) is 35.4. The normalized spacial score (nSPS) is 23.9. The fourth-order valence-electron chi connectivity index (χ4n) is 8.62. The van der Waals surface area contributed by atoms with Crippen LogP contribution in [0.4, 0.5) is 10.5 Å². The third kappa shape index (κ3) is 5.72. The van der Waals surface area contributed by atoms with Crippen molar-refractivity contribution in [2.24, 2.45) is 0 Å². The second-order valence-corrected chi connectivity index (χ2v) is 14.9. The van der Waals surface area contributed by atoms with Gasteiger partial charge in [-0.25, -0.2) is 4.79 Å². The first-order valence-electron chi connectivity index (χ1n) is 18.2. The standard InChI is InChI=1S/C40H45N7O4/c1-25-14-16-27(17-15-25)35(31-23-47(29-10-5-6-11-29)43-34(31)30-12-7-4-9-26(30)2)45-22-8-13-32(37(45)49)46-24-33(44(3)39(46)51)36(48)42-40-20-18-28(19-21-40)41-38(40)50/h4,7-9,12-17,22-23,28-29,33,35H,5-6,10-11,18-21,24H2,1-3H3,(H,41,50)(H,42,48)/t28?,33-,35+,40?/m1/s1. The molecule has 5 aliphatic rings. The minimum Gasteiger partial charge on any atom is -0.351 e. The minimum atomic E-state index is -0.957. The van der Waals surface area contributed by atoms with Crippen LogP contribution in [-0.2, 0) is 9.59 Å². The van der Waals surface area contributed by atoms with Gasteiger partial charge in [-0.3, -0.25) is 24.0 Å². The Hall–Kier alpha value is -5.19. The highest BCUT2D eigenvalue weighted by atomic mass is 16.2. The number of rotatable bonds is 8. The number of amides is 4. The molecule has 11 nitrogen and oxygen atoms in total. The molecule has 2 N–H and O–H groups in total. The topological polar surface area (TPSA) is 122 Å². The van der Waals surface area contributed by atoms with Crippen molar-refractivity contribution in [3.05, 3.63) is 106 Å². The molecule has 0 spiro atoms. The molecule has 51 heavy (non-hydrogen) atoms. The molecule has 5 fully saturated rings. The van der Waals surface area contributed by atoms with Crippen LogP contribution in [-0.4, -0.2) is 68.3 Å². The van der Waals surface area contributed by atoms with E-state index >= 15 is 0 Å². The molecule has 3 aliphatic heterocycles. The molecule has 9 rings (SSSR count). The molecule has 264 valence electrons. The maximum atomic E-state index is 14.7. The Labute approximate surface area is 297 Å². The van der Waals surface area contributed by atoms with Gasteiger partial charge in [0.05, 0.1) is 24.3 Å². The van der Waals surface area contributed by atoms with E-state index in [2.05, 4.69) is 52.7 Å². The van der Waals surface area contributed by atoms with Gasteiger partial charge in [-0.2, -0.15) is 5.10 Å². The zero-order valence-corrected chi connectivity index (χ0v) is 29.5. The number of carbonyl (C=O) groups is 3. The van der Waals surface area contributed by atoms with Crippen molar-refractivity contribution in [1.82, 2.24) is 29.9 Å². The molecule has 3 saturated heterocycles. The van der Waals surface area contributed by atoms with E-state index < -0.39 is 23.7 Å². The van der Waals surface area contributed by atoms with Gasteiger partial charge in [0.15, 0.2) is 0 Å². The third-order valence-corrected chi connectivity index (χ3v) is 11.7. The van der Waals surface area contributed by atoms with Gasteiger partial charge in [-0.05, 0) is 75.6 Å². The Morgan fingerprint density at radius 2 is 1.67 bits per heavy atom. The monoisotopic (exact) mass is 687 g/mol. The molecule has 2 aromatic carbocycles. The molecular formula is C40H45N7O4. The van der Waals surface area contributed by atoms with E-state index in [0.717, 1.165) is 72.0 Å². The summed E-state index contributed by atoms with van der Waals surface area (Å²) < 4.78 is 3.79. The first-order valence-corrected chi connectivity index (χ1v) is 18.2. The number of benzene rings is 2. The van der Waals surface area contributed by atoms with E-state index in [1.54, 1.807) is 29.9 Å². The Balaban J connectivity index is 1.19. The molecule has 11 heteroatoms. The average Bonchev–Trinajstić information content (AvgIpc) is 3.88. The number of likely N-dealkylation sites (N-methyl/N-ethyl adjacent to an activating group) is 1. The van der Waals surface area contributed by atoms with Crippen LogP contribution >= 0.6 is 0 Å². The third-order valence-electron chi connectivity index (χ3n) is 11.7. The lowest BCUT2D eigenvalue weighted by atomic mass is 9.74. The Kier molecular flexibility index (Phi) is 8.31. The van der Waals surface area contributed by atoms with Crippen molar-refractivity contribution < 1.29 is 14.4 Å². The van der Waals surface area contributed by atoms with Crippen LogP contribution in [0.25, 0.3) is 11.3 Å². The van der Waals surface area contributed by atoms with E-state index in [1.807, 2.05) is 31.2 Å². The van der Waals surface area contributed by atoms with Crippen LogP contribution in [0.2, 0.25) is 0 Å². The number of aryl methyl sites for hydroxylation is 2. The molecule has 5 heterocycles. The molecule has 2 bridgehead atoms. The second kappa shape index (κ2) is 12.9. The summed E-state index contributed by atoms with van der Waals surface area (Å²) in [6.07, 6.45) is 11.1. The van der Waals surface area contributed by atoms with Gasteiger partial charge in [-0.1, -0.05) is 66.9 Å². The summed E-state index contributed by atoms with van der Waals surface area (Å²) in [5.74, 6) is -0.545. The lowest BCUT2D eigenvalue weighted by molar-refractivity contribution is -0.140. The number of urea groups is 1. The van der Waals surface area contributed by atoms with Gasteiger partial charge < -0.3 is 20.1 Å². The van der Waals surface area contributed by atoms with Crippen molar-refractivity contribution in [3.63, 3.8) is 0 Å². The average molecular weight is 688 g/mol. The van der Waals surface area contributed by atoms with E-state index in [1.165, 1.54) is 9.80 Å². The van der Waals surface area contributed by atoms with E-state index in [9.17, 15) is 19.2 Å². The number of hydrogen-bond donors (Lipinski definition) is 2. The summed E-state index contributed by atoms with van der Waals surface area (Å²) >= 11 is 0. The quantitative estimate of drug-likeness (QED) is 0.262. The van der Waals surface area contributed by atoms with Crippen molar-refractivity contribution in [2.75, 3.05) is 18.5 Å². The maximum Gasteiger partial charge on any atom is 0.325 e. The van der Waals surface area contributed by atoms with Gasteiger partial charge in [0, 0.05) is 36.6 Å². The highest BCUT2D eigenvalue weighted by Gasteiger charge is 2.50. The van der Waals surface area contributed by atoms with Gasteiger partial charge >= 0.3 is 6.03 Å². The number of pyridine rings is 1. The molecule has 2 aliphatic carbocycles. The van der Waals surface area contributed by atoms with Crippen LogP contribution in [0.3, 0.4) is 0 Å². The number of anilines is 1. The van der Waals surface area contributed by atoms with Crippen molar-refractivity contribution >= 4 is 23.5 Å². The van der Waals surface area contributed by atoms with Crippen LogP contribution in [0.15, 0.2) is 77.9 Å². The SMILES string of the molecule is Cc1ccc([C@@H](c2cn(C3CCCC3)nc2-c2ccccc2C)n2cccc(N3C[C@H](C(=O)NC45CCC(CC4)NC5=O)N(C)C3=O)c2=O)cc1. The first kappa shape index (κ1) is 33.0. The number of nitrogens with one attached hydrogen (secondary N) is 2. The molecule has 2 atom stereocenters. The number of piperidine rings is 2. The Morgan fingerprint density at radius 3 is 2.37 bits per heavy atom. The predicted molar refractivity (Wildman–Crippen MR) is 195 cm³/mol. The van der Waals surface area contributed by atoms with E-state index in [-0.39, 0.29) is 35.6 Å². The second-order valence-electron chi connectivity index (χ2n) is 14.9. The number of fused-ring (bicyclic) bond motifs is 3. The number of carbonyl (C=O) groups excluding carboxylic acids is 3. The maximum absolute atomic E-state index is 14.7. The summed E-state index contributed by atoms with van der Waals surface area (Å²) in [5.41, 5.74) is 4.74. The largest absolute Gasteiger partial charge is 0.351 e. The van der Waals surface area contributed by atoms with Gasteiger partial charge in [0.2, 0.25) is 11.8 Å². The van der Waals surface area contributed by atoms with Crippen molar-refractivity contribution in [2.45, 2.75) is 94.9 Å². The lowest BCUT2D eigenvalue weighted by Crippen LogP contribution is -2.69. The van der Waals surface area contributed by atoms with Gasteiger partial charge in [0.25, 0.3) is 5.56 Å². The molecule has 0 radical (unpaired) electrons. The molecule has 2 aromatic heterocycles. The summed E-state index contributed by atoms with van der Waals surface area (Å²) in [7, 11) is 1.57. The fraction of sp³-hybridized carbons (Fsp3) is 0.425. The summed E-state index contributed by atoms with van der Waals surface area (Å²) in [5, 5.41) is 11.2. The Morgan fingerprint density at radius 1 is 0.941 bits per heavy atom. The van der Waals surface area contributed by atoms with E-state index in [0.29, 0.717) is 18.9 Å². The van der Waals surface area contributed by atoms with Crippen LogP contribution in [0, 0.1) is 13.8 Å². The van der Waals surface area contributed by atoms with Gasteiger partial charge in [-0.15, -0.1) is 0 Å². The number of nitrogens with zero attached hydrogens (tertiary/aromatic N) is 5. The lowest BCUT2D eigenvalue weighted by Gasteiger charge is -2.46. The molecule has 0 unspecified atom stereocenters. The Bertz CT molecular complexity index is 2050. The molecule has 4 amide bonds. The summed E-state index contributed by atoms with van der Waals surface area (Å²) in [4.78, 5) is 58.0. The zero-order valence-electron chi connectivity index (χ0n) is 29.5. The van der Waals surface area contributed by atoms with Crippen molar-refractivity contribution in [1.29, 1.82) is 0 Å². The molecular weight excluding hydrogens is 642 g/mol. The summed E-state index contributed by atoms with van der Waals surface area (Å²) in [6, 6.07) is 18.4. The number of aromatic nitrogens is 3. The van der Waals surface area contributed by atoms with Crippen molar-refractivity contribution in [3.8, 4) is 11.3 Å². The fourth-order valence-corrected chi connectivity index (χ4v) is 8.62. The smallest absolute Gasteiger partial charge is 0.325 e. The molecule has 4 aromatic rings. The predicted octanol–water partition coefficient (Wildman–Crippen LogP) is 5.25. The van der Waals surface area contributed by atoms with Crippen LogP contribution < -0.4 is 21.1 Å². The van der Waals surface area contributed by atoms with Gasteiger partial charge in [0.1, 0.15) is 17.3 Å². The van der Waals surface area contributed by atoms with Crippen LogP contribution in [0.5, 0.6) is 0 Å².